The van der Waals surface area contributed by atoms with Crippen molar-refractivity contribution in [2.45, 2.75) is 45.0 Å². The highest BCUT2D eigenvalue weighted by molar-refractivity contribution is 7.86. The summed E-state index contributed by atoms with van der Waals surface area (Å²) in [6.07, 6.45) is 0.288. The SMILES string of the molecule is CCC(CCOCC1COc2c(C)sc(C)c2O1)S(=O)(=O)[O-]. The van der Waals surface area contributed by atoms with Crippen LogP contribution in [0.4, 0.5) is 0 Å². The predicted octanol–water partition coefficient (Wildman–Crippen LogP) is 2.24. The van der Waals surface area contributed by atoms with Crippen LogP contribution in [-0.2, 0) is 14.9 Å². The number of hydrogen-bond donors (Lipinski definition) is 0. The predicted molar refractivity (Wildman–Crippen MR) is 82.9 cm³/mol. The molecule has 126 valence electrons. The van der Waals surface area contributed by atoms with Gasteiger partial charge in [-0.1, -0.05) is 6.92 Å². The molecule has 0 N–H and O–H groups in total. The third-order valence-corrected chi connectivity index (χ3v) is 5.97. The van der Waals surface area contributed by atoms with Crippen LogP contribution in [0, 0.1) is 13.8 Å². The lowest BCUT2D eigenvalue weighted by molar-refractivity contribution is 0.00795. The van der Waals surface area contributed by atoms with E-state index < -0.39 is 15.4 Å². The Morgan fingerprint density at radius 1 is 1.36 bits per heavy atom. The summed E-state index contributed by atoms with van der Waals surface area (Å²) < 4.78 is 50.0. The molecule has 0 amide bonds. The molecule has 2 unspecified atom stereocenters. The highest BCUT2D eigenvalue weighted by Crippen LogP contribution is 2.43. The molecule has 0 saturated carbocycles. The fourth-order valence-electron chi connectivity index (χ4n) is 2.39. The highest BCUT2D eigenvalue weighted by atomic mass is 32.2. The molecule has 8 heteroatoms. The second-order valence-corrected chi connectivity index (χ2v) is 8.39. The number of fused-ring (bicyclic) bond motifs is 1. The van der Waals surface area contributed by atoms with Crippen LogP contribution in [0.25, 0.3) is 0 Å². The van der Waals surface area contributed by atoms with Crippen LogP contribution in [0.5, 0.6) is 11.5 Å². The van der Waals surface area contributed by atoms with Crippen LogP contribution in [0.15, 0.2) is 0 Å². The summed E-state index contributed by atoms with van der Waals surface area (Å²) in [6, 6.07) is 0. The van der Waals surface area contributed by atoms with E-state index in [1.807, 2.05) is 13.8 Å². The van der Waals surface area contributed by atoms with Crippen LogP contribution in [0.3, 0.4) is 0 Å². The van der Waals surface area contributed by atoms with Crippen molar-refractivity contribution < 1.29 is 27.2 Å². The Kier molecular flexibility index (Phi) is 5.70. The Balaban J connectivity index is 1.78. The van der Waals surface area contributed by atoms with Gasteiger partial charge in [0.1, 0.15) is 6.61 Å². The Morgan fingerprint density at radius 3 is 2.68 bits per heavy atom. The third kappa shape index (κ3) is 4.13. The van der Waals surface area contributed by atoms with E-state index in [2.05, 4.69) is 0 Å². The number of thiophene rings is 1. The zero-order chi connectivity index (χ0) is 16.3. The molecule has 22 heavy (non-hydrogen) atoms. The number of ether oxygens (including phenoxy) is 3. The van der Waals surface area contributed by atoms with E-state index in [9.17, 15) is 13.0 Å². The lowest BCUT2D eigenvalue weighted by Crippen LogP contribution is -2.34. The van der Waals surface area contributed by atoms with E-state index in [1.165, 1.54) is 0 Å². The smallest absolute Gasteiger partial charge is 0.175 e. The van der Waals surface area contributed by atoms with Crippen LogP contribution in [0.1, 0.15) is 29.5 Å². The molecule has 0 fully saturated rings. The van der Waals surface area contributed by atoms with Crippen molar-refractivity contribution >= 4 is 21.5 Å². The van der Waals surface area contributed by atoms with E-state index >= 15 is 0 Å². The van der Waals surface area contributed by atoms with Crippen molar-refractivity contribution in [2.24, 2.45) is 0 Å². The maximum absolute atomic E-state index is 11.0. The summed E-state index contributed by atoms with van der Waals surface area (Å²) in [5, 5.41) is -0.885. The van der Waals surface area contributed by atoms with Crippen LogP contribution >= 0.6 is 11.3 Å². The van der Waals surface area contributed by atoms with Gasteiger partial charge in [-0.3, -0.25) is 0 Å². The third-order valence-electron chi connectivity index (χ3n) is 3.60. The van der Waals surface area contributed by atoms with Gasteiger partial charge >= 0.3 is 0 Å². The largest absolute Gasteiger partial charge is 0.748 e. The summed E-state index contributed by atoms with van der Waals surface area (Å²) in [5.41, 5.74) is 0. The number of rotatable bonds is 7. The van der Waals surface area contributed by atoms with Gasteiger partial charge < -0.3 is 18.8 Å². The van der Waals surface area contributed by atoms with Gasteiger partial charge in [-0.15, -0.1) is 11.3 Å². The summed E-state index contributed by atoms with van der Waals surface area (Å²) in [5.74, 6) is 1.58. The van der Waals surface area contributed by atoms with Gasteiger partial charge in [-0.2, -0.15) is 0 Å². The van der Waals surface area contributed by atoms with E-state index in [4.69, 9.17) is 14.2 Å². The van der Waals surface area contributed by atoms with Crippen molar-refractivity contribution in [3.63, 3.8) is 0 Å². The van der Waals surface area contributed by atoms with Crippen LogP contribution in [-0.4, -0.2) is 44.1 Å². The topological polar surface area (TPSA) is 84.9 Å². The molecule has 0 spiro atoms. The Hall–Kier alpha value is -0.830. The minimum absolute atomic E-state index is 0.206. The van der Waals surface area contributed by atoms with Crippen molar-refractivity contribution in [1.82, 2.24) is 0 Å². The summed E-state index contributed by atoms with van der Waals surface area (Å²) in [7, 11) is -4.25. The average molecular weight is 349 g/mol. The molecule has 2 heterocycles. The number of aryl methyl sites for hydroxylation is 2. The molecule has 2 atom stereocenters. The minimum atomic E-state index is -4.25. The fraction of sp³-hybridized carbons (Fsp3) is 0.714. The maximum Gasteiger partial charge on any atom is 0.175 e. The Bertz CT molecular complexity index is 607. The molecule has 1 aromatic rings. The van der Waals surface area contributed by atoms with Gasteiger partial charge in [-0.25, -0.2) is 8.42 Å². The first-order valence-electron chi connectivity index (χ1n) is 7.24. The summed E-state index contributed by atoms with van der Waals surface area (Å²) >= 11 is 1.63. The lowest BCUT2D eigenvalue weighted by atomic mass is 10.2. The Labute approximate surface area is 135 Å². The van der Waals surface area contributed by atoms with Gasteiger partial charge in [0.2, 0.25) is 0 Å². The molecule has 0 bridgehead atoms. The summed E-state index contributed by atoms with van der Waals surface area (Å²) in [6.45, 7) is 6.58. The number of hydrogen-bond acceptors (Lipinski definition) is 7. The van der Waals surface area contributed by atoms with Crippen molar-refractivity contribution in [3.05, 3.63) is 9.75 Å². The average Bonchev–Trinajstić information content (AvgIpc) is 2.72. The van der Waals surface area contributed by atoms with Crippen LogP contribution in [0.2, 0.25) is 0 Å². The standard InChI is InChI=1S/C14H22O6S2/c1-4-12(22(15,16)17)5-6-18-7-11-8-19-13-9(2)21-10(3)14(13)20-11/h11-12H,4-8H2,1-3H3,(H,15,16,17)/p-1. The lowest BCUT2D eigenvalue weighted by Gasteiger charge is -2.26. The second kappa shape index (κ2) is 7.16. The molecule has 1 aliphatic rings. The maximum atomic E-state index is 11.0. The van der Waals surface area contributed by atoms with E-state index in [0.717, 1.165) is 21.3 Å². The quantitative estimate of drug-likeness (QED) is 0.554. The Morgan fingerprint density at radius 2 is 2.05 bits per heavy atom. The van der Waals surface area contributed by atoms with Gasteiger partial charge in [0.05, 0.1) is 22.0 Å². The highest BCUT2D eigenvalue weighted by Gasteiger charge is 2.26. The first-order chi connectivity index (χ1) is 10.3. The zero-order valence-corrected chi connectivity index (χ0v) is 14.6. The van der Waals surface area contributed by atoms with Gasteiger partial charge in [0.25, 0.3) is 0 Å². The molecule has 0 aromatic carbocycles. The molecular weight excluding hydrogens is 328 g/mol. The fourth-order valence-corrected chi connectivity index (χ4v) is 4.12. The molecule has 1 aliphatic heterocycles. The van der Waals surface area contributed by atoms with Gasteiger partial charge in [0, 0.05) is 16.4 Å². The van der Waals surface area contributed by atoms with E-state index in [0.29, 0.717) is 19.6 Å². The van der Waals surface area contributed by atoms with Crippen LogP contribution < -0.4 is 9.47 Å². The van der Waals surface area contributed by atoms with E-state index in [1.54, 1.807) is 18.3 Å². The molecule has 0 radical (unpaired) electrons. The molecule has 6 nitrogen and oxygen atoms in total. The first kappa shape index (κ1) is 17.5. The van der Waals surface area contributed by atoms with E-state index in [-0.39, 0.29) is 19.1 Å². The van der Waals surface area contributed by atoms with Crippen molar-refractivity contribution in [3.8, 4) is 11.5 Å². The van der Waals surface area contributed by atoms with Crippen molar-refractivity contribution in [1.29, 1.82) is 0 Å². The monoisotopic (exact) mass is 349 g/mol. The summed E-state index contributed by atoms with van der Waals surface area (Å²) in [4.78, 5) is 2.17. The molecular formula is C14H21O6S2-. The molecule has 2 rings (SSSR count). The van der Waals surface area contributed by atoms with Gasteiger partial charge in [0.15, 0.2) is 17.6 Å². The normalized spacial score (nSPS) is 19.2. The van der Waals surface area contributed by atoms with Crippen molar-refractivity contribution in [2.75, 3.05) is 19.8 Å². The second-order valence-electron chi connectivity index (χ2n) is 5.31. The molecule has 0 saturated heterocycles. The first-order valence-corrected chi connectivity index (χ1v) is 9.53. The molecule has 0 aliphatic carbocycles. The zero-order valence-electron chi connectivity index (χ0n) is 13.0. The van der Waals surface area contributed by atoms with Gasteiger partial charge in [-0.05, 0) is 26.7 Å². The molecule has 1 aromatic heterocycles. The minimum Gasteiger partial charge on any atom is -0.748 e.